The van der Waals surface area contributed by atoms with Crippen molar-refractivity contribution in [2.24, 2.45) is 5.73 Å². The van der Waals surface area contributed by atoms with Crippen molar-refractivity contribution in [3.8, 4) is 5.75 Å². The molecule has 5 nitrogen and oxygen atoms in total. The fraction of sp³-hybridized carbons (Fsp3) is 0.500. The van der Waals surface area contributed by atoms with Crippen LogP contribution in [0.1, 0.15) is 12.6 Å². The highest BCUT2D eigenvalue weighted by Crippen LogP contribution is 2.08. The molecule has 0 aliphatic carbocycles. The van der Waals surface area contributed by atoms with Gasteiger partial charge in [0.2, 0.25) is 0 Å². The Balaban J connectivity index is 2.43. The highest BCUT2D eigenvalue weighted by Gasteiger charge is 2.07. The fourth-order valence-electron chi connectivity index (χ4n) is 1.05. The van der Waals surface area contributed by atoms with E-state index in [-0.39, 0.29) is 18.1 Å². The minimum Gasteiger partial charge on any atom is -0.491 e. The number of ether oxygens (including phenoxy) is 1. The third-order valence-electron chi connectivity index (χ3n) is 2.11. The summed E-state index contributed by atoms with van der Waals surface area (Å²) >= 11 is 0. The van der Waals surface area contributed by atoms with Crippen molar-refractivity contribution in [2.75, 3.05) is 18.1 Å². The van der Waals surface area contributed by atoms with Gasteiger partial charge in [0.15, 0.2) is 9.84 Å². The summed E-state index contributed by atoms with van der Waals surface area (Å²) in [5.74, 6) is 0.728. The van der Waals surface area contributed by atoms with Crippen LogP contribution in [-0.2, 0) is 16.4 Å². The molecule has 1 aromatic rings. The quantitative estimate of drug-likeness (QED) is 0.781. The lowest BCUT2D eigenvalue weighted by atomic mass is 10.3. The van der Waals surface area contributed by atoms with Crippen molar-refractivity contribution in [3.05, 3.63) is 24.0 Å². The number of aromatic nitrogens is 1. The average molecular weight is 244 g/mol. The molecule has 0 radical (unpaired) electrons. The summed E-state index contributed by atoms with van der Waals surface area (Å²) in [5.41, 5.74) is 6.16. The summed E-state index contributed by atoms with van der Waals surface area (Å²) in [5, 5.41) is 0. The Labute approximate surface area is 95.6 Å². The molecule has 16 heavy (non-hydrogen) atoms. The number of hydrogen-bond donors (Lipinski definition) is 1. The molecule has 0 fully saturated rings. The van der Waals surface area contributed by atoms with E-state index in [2.05, 4.69) is 4.98 Å². The number of rotatable bonds is 6. The number of nitrogens with two attached hydrogens (primary N) is 1. The minimum absolute atomic E-state index is 0.0299. The lowest BCUT2D eigenvalue weighted by molar-refractivity contribution is 0.339. The Bertz CT molecular complexity index is 414. The third-order valence-corrected chi connectivity index (χ3v) is 3.78. The molecule has 0 bridgehead atoms. The molecular formula is C10H16N2O3S. The summed E-state index contributed by atoms with van der Waals surface area (Å²) < 4.78 is 27.6. The largest absolute Gasteiger partial charge is 0.491 e. The summed E-state index contributed by atoms with van der Waals surface area (Å²) in [7, 11) is -2.97. The zero-order valence-electron chi connectivity index (χ0n) is 9.22. The average Bonchev–Trinajstić information content (AvgIpc) is 2.30. The van der Waals surface area contributed by atoms with Gasteiger partial charge in [-0.05, 0) is 12.1 Å². The van der Waals surface area contributed by atoms with E-state index in [9.17, 15) is 8.42 Å². The molecule has 0 aliphatic heterocycles. The molecule has 1 heterocycles. The van der Waals surface area contributed by atoms with Gasteiger partial charge in [0.1, 0.15) is 12.4 Å². The normalized spacial score (nSPS) is 11.4. The molecule has 2 N–H and O–H groups in total. The Morgan fingerprint density at radius 2 is 2.19 bits per heavy atom. The second-order valence-electron chi connectivity index (χ2n) is 3.27. The zero-order valence-corrected chi connectivity index (χ0v) is 10.0. The lowest BCUT2D eigenvalue weighted by Gasteiger charge is -2.06. The summed E-state index contributed by atoms with van der Waals surface area (Å²) in [6.07, 6.45) is 1.54. The number of hydrogen-bond acceptors (Lipinski definition) is 5. The first-order chi connectivity index (χ1) is 7.57. The molecular weight excluding hydrogens is 228 g/mol. The van der Waals surface area contributed by atoms with E-state index >= 15 is 0 Å². The van der Waals surface area contributed by atoms with Crippen molar-refractivity contribution in [3.63, 3.8) is 0 Å². The van der Waals surface area contributed by atoms with Gasteiger partial charge in [-0.1, -0.05) is 6.92 Å². The van der Waals surface area contributed by atoms with Crippen LogP contribution < -0.4 is 10.5 Å². The zero-order chi connectivity index (χ0) is 12.0. The van der Waals surface area contributed by atoms with E-state index in [0.29, 0.717) is 12.3 Å². The molecule has 0 spiro atoms. The molecule has 0 aliphatic rings. The Kier molecular flexibility index (Phi) is 4.70. The molecule has 0 saturated carbocycles. The lowest BCUT2D eigenvalue weighted by Crippen LogP contribution is -2.15. The van der Waals surface area contributed by atoms with E-state index in [0.717, 1.165) is 5.69 Å². The van der Waals surface area contributed by atoms with Gasteiger partial charge in [-0.25, -0.2) is 8.42 Å². The van der Waals surface area contributed by atoms with Crippen LogP contribution in [-0.4, -0.2) is 31.5 Å². The van der Waals surface area contributed by atoms with Gasteiger partial charge in [0.25, 0.3) is 0 Å². The molecule has 0 amide bonds. The van der Waals surface area contributed by atoms with Gasteiger partial charge in [-0.3, -0.25) is 4.98 Å². The predicted octanol–water partition coefficient (Wildman–Crippen LogP) is 0.354. The fourth-order valence-corrected chi connectivity index (χ4v) is 1.67. The molecule has 0 aromatic carbocycles. The molecule has 1 rings (SSSR count). The van der Waals surface area contributed by atoms with Gasteiger partial charge < -0.3 is 10.5 Å². The maximum absolute atomic E-state index is 11.2. The molecule has 0 unspecified atom stereocenters. The van der Waals surface area contributed by atoms with Crippen molar-refractivity contribution in [2.45, 2.75) is 13.5 Å². The number of nitrogens with zero attached hydrogens (tertiary/aromatic N) is 1. The van der Waals surface area contributed by atoms with E-state index in [1.807, 2.05) is 0 Å². The van der Waals surface area contributed by atoms with Crippen LogP contribution in [0.15, 0.2) is 18.3 Å². The maximum Gasteiger partial charge on any atom is 0.153 e. The second-order valence-corrected chi connectivity index (χ2v) is 5.75. The van der Waals surface area contributed by atoms with Gasteiger partial charge in [-0.2, -0.15) is 0 Å². The van der Waals surface area contributed by atoms with Crippen molar-refractivity contribution < 1.29 is 13.2 Å². The monoisotopic (exact) mass is 244 g/mol. The molecule has 0 atom stereocenters. The van der Waals surface area contributed by atoms with Gasteiger partial charge in [0, 0.05) is 12.3 Å². The van der Waals surface area contributed by atoms with Crippen LogP contribution in [0, 0.1) is 0 Å². The van der Waals surface area contributed by atoms with E-state index in [1.165, 1.54) is 0 Å². The number of sulfone groups is 1. The number of pyridine rings is 1. The van der Waals surface area contributed by atoms with Crippen LogP contribution in [0.3, 0.4) is 0 Å². The van der Waals surface area contributed by atoms with E-state index in [4.69, 9.17) is 10.5 Å². The summed E-state index contributed by atoms with van der Waals surface area (Å²) in [6, 6.07) is 3.48. The van der Waals surface area contributed by atoms with Crippen molar-refractivity contribution >= 4 is 9.84 Å². The van der Waals surface area contributed by atoms with Gasteiger partial charge in [-0.15, -0.1) is 0 Å². The SMILES string of the molecule is CCS(=O)(=O)CCOc1ccc(CN)nc1. The smallest absolute Gasteiger partial charge is 0.153 e. The Hall–Kier alpha value is -1.14. The molecule has 0 saturated heterocycles. The van der Waals surface area contributed by atoms with Crippen molar-refractivity contribution in [1.29, 1.82) is 0 Å². The highest BCUT2D eigenvalue weighted by molar-refractivity contribution is 7.91. The Morgan fingerprint density at radius 3 is 2.69 bits per heavy atom. The van der Waals surface area contributed by atoms with Gasteiger partial charge in [0.05, 0.1) is 17.6 Å². The van der Waals surface area contributed by atoms with Crippen LogP contribution in [0.5, 0.6) is 5.75 Å². The third kappa shape index (κ3) is 4.16. The van der Waals surface area contributed by atoms with E-state index < -0.39 is 9.84 Å². The first kappa shape index (κ1) is 12.9. The topological polar surface area (TPSA) is 82.3 Å². The van der Waals surface area contributed by atoms with Crippen LogP contribution >= 0.6 is 0 Å². The maximum atomic E-state index is 11.2. The highest BCUT2D eigenvalue weighted by atomic mass is 32.2. The minimum atomic E-state index is -2.97. The summed E-state index contributed by atoms with van der Waals surface area (Å²) in [4.78, 5) is 4.03. The first-order valence-corrected chi connectivity index (χ1v) is 6.87. The summed E-state index contributed by atoms with van der Waals surface area (Å²) in [6.45, 7) is 2.15. The van der Waals surface area contributed by atoms with Crippen molar-refractivity contribution in [1.82, 2.24) is 4.98 Å². The standard InChI is InChI=1S/C10H16N2O3S/c1-2-16(13,14)6-5-15-10-4-3-9(7-11)12-8-10/h3-4,8H,2,5-7,11H2,1H3. The van der Waals surface area contributed by atoms with Crippen LogP contribution in [0.4, 0.5) is 0 Å². The molecule has 1 aromatic heterocycles. The van der Waals surface area contributed by atoms with Crippen LogP contribution in [0.2, 0.25) is 0 Å². The first-order valence-electron chi connectivity index (χ1n) is 5.05. The molecule has 6 heteroatoms. The van der Waals surface area contributed by atoms with E-state index in [1.54, 1.807) is 25.3 Å². The second kappa shape index (κ2) is 5.81. The predicted molar refractivity (Wildman–Crippen MR) is 62.0 cm³/mol. The molecule has 90 valence electrons. The van der Waals surface area contributed by atoms with Gasteiger partial charge >= 0.3 is 0 Å². The van der Waals surface area contributed by atoms with Crippen LogP contribution in [0.25, 0.3) is 0 Å². The Morgan fingerprint density at radius 1 is 1.44 bits per heavy atom.